The first-order valence-corrected chi connectivity index (χ1v) is 11.8. The van der Waals surface area contributed by atoms with Crippen molar-refractivity contribution in [2.45, 2.75) is 77.7 Å². The number of carbonyl (C=O) groups is 2. The Bertz CT molecular complexity index is 854. The lowest BCUT2D eigenvalue weighted by Crippen LogP contribution is -2.59. The van der Waals surface area contributed by atoms with E-state index in [1.54, 1.807) is 19.9 Å². The van der Waals surface area contributed by atoms with E-state index in [0.29, 0.717) is 12.8 Å². The topological polar surface area (TPSA) is 63.6 Å². The van der Waals surface area contributed by atoms with E-state index in [0.717, 1.165) is 6.08 Å². The lowest BCUT2D eigenvalue weighted by atomic mass is 9.46. The van der Waals surface area contributed by atoms with Crippen LogP contribution in [0.2, 0.25) is 0 Å². The SMILES string of the molecule is CCC(=O)O[C@@H]1[C@@H](C)C[C@H]2[C@@H]3C[C@H](F)C4=C(F)C(=O)C=C[C@]4(C)[C@H]3[C@@H](O)C[C@]12CCCF. The minimum atomic E-state index is -1.63. The fourth-order valence-electron chi connectivity index (χ4n) is 7.80. The molecule has 4 aliphatic carbocycles. The number of carbonyl (C=O) groups excluding carboxylic acids is 2. The van der Waals surface area contributed by atoms with Crippen molar-refractivity contribution in [2.75, 3.05) is 6.67 Å². The van der Waals surface area contributed by atoms with Gasteiger partial charge in [0.15, 0.2) is 5.83 Å². The Kier molecular flexibility index (Phi) is 6.10. The van der Waals surface area contributed by atoms with Crippen molar-refractivity contribution >= 4 is 11.8 Å². The van der Waals surface area contributed by atoms with Gasteiger partial charge in [0.2, 0.25) is 5.78 Å². The highest BCUT2D eigenvalue weighted by Crippen LogP contribution is 2.68. The summed E-state index contributed by atoms with van der Waals surface area (Å²) in [6.45, 7) is 4.90. The number of aliphatic hydroxyl groups is 1. The monoisotopic (exact) mass is 454 g/mol. The quantitative estimate of drug-likeness (QED) is 0.606. The van der Waals surface area contributed by atoms with Gasteiger partial charge in [-0.25, -0.2) is 8.78 Å². The average Bonchev–Trinajstić information content (AvgIpc) is 3.01. The van der Waals surface area contributed by atoms with Crippen molar-refractivity contribution in [3.63, 3.8) is 0 Å². The van der Waals surface area contributed by atoms with Crippen molar-refractivity contribution in [1.29, 1.82) is 0 Å². The van der Waals surface area contributed by atoms with Gasteiger partial charge in [-0.15, -0.1) is 0 Å². The summed E-state index contributed by atoms with van der Waals surface area (Å²) < 4.78 is 49.4. The Hall–Kier alpha value is -1.63. The van der Waals surface area contributed by atoms with Crippen LogP contribution < -0.4 is 0 Å². The number of allylic oxidation sites excluding steroid dienone is 4. The summed E-state index contributed by atoms with van der Waals surface area (Å²) in [6, 6.07) is 0. The summed E-state index contributed by atoms with van der Waals surface area (Å²) in [7, 11) is 0. The van der Waals surface area contributed by atoms with E-state index in [2.05, 4.69) is 0 Å². The maximum atomic E-state index is 15.5. The summed E-state index contributed by atoms with van der Waals surface area (Å²) in [5, 5.41) is 11.4. The number of ether oxygens (including phenoxy) is 1. The number of alkyl halides is 2. The summed E-state index contributed by atoms with van der Waals surface area (Å²) in [5.41, 5.74) is -1.89. The third kappa shape index (κ3) is 3.29. The van der Waals surface area contributed by atoms with Gasteiger partial charge in [0.25, 0.3) is 0 Å². The van der Waals surface area contributed by atoms with E-state index in [1.165, 1.54) is 0 Å². The second kappa shape index (κ2) is 8.30. The first-order valence-electron chi connectivity index (χ1n) is 11.8. The molecule has 0 saturated heterocycles. The van der Waals surface area contributed by atoms with Crippen LogP contribution in [0, 0.1) is 34.5 Å². The van der Waals surface area contributed by atoms with Crippen LogP contribution in [0.1, 0.15) is 59.3 Å². The van der Waals surface area contributed by atoms with Crippen LogP contribution in [-0.4, -0.2) is 41.9 Å². The minimum absolute atomic E-state index is 0.00436. The van der Waals surface area contributed by atoms with Crippen LogP contribution in [0.3, 0.4) is 0 Å². The van der Waals surface area contributed by atoms with Crippen molar-refractivity contribution < 1.29 is 32.6 Å². The van der Waals surface area contributed by atoms with E-state index in [1.807, 2.05) is 6.92 Å². The number of halogens is 3. The van der Waals surface area contributed by atoms with Crippen LogP contribution >= 0.6 is 0 Å². The number of hydrogen-bond donors (Lipinski definition) is 1. The molecule has 0 radical (unpaired) electrons. The number of rotatable bonds is 5. The van der Waals surface area contributed by atoms with Crippen molar-refractivity contribution in [2.24, 2.45) is 34.5 Å². The maximum absolute atomic E-state index is 15.5. The smallest absolute Gasteiger partial charge is 0.305 e. The predicted molar refractivity (Wildman–Crippen MR) is 113 cm³/mol. The van der Waals surface area contributed by atoms with Crippen molar-refractivity contribution in [3.05, 3.63) is 23.6 Å². The Labute approximate surface area is 187 Å². The molecule has 0 amide bonds. The van der Waals surface area contributed by atoms with Gasteiger partial charge in [0.1, 0.15) is 12.3 Å². The minimum Gasteiger partial charge on any atom is -0.461 e. The van der Waals surface area contributed by atoms with E-state index in [-0.39, 0.29) is 55.0 Å². The second-order valence-electron chi connectivity index (χ2n) is 10.5. The molecule has 32 heavy (non-hydrogen) atoms. The van der Waals surface area contributed by atoms with Gasteiger partial charge < -0.3 is 9.84 Å². The van der Waals surface area contributed by atoms with E-state index in [9.17, 15) is 23.5 Å². The lowest BCUT2D eigenvalue weighted by molar-refractivity contribution is -0.177. The van der Waals surface area contributed by atoms with Gasteiger partial charge in [-0.3, -0.25) is 14.0 Å². The molecule has 9 atom stereocenters. The van der Waals surface area contributed by atoms with E-state index >= 15 is 4.39 Å². The average molecular weight is 455 g/mol. The Morgan fingerprint density at radius 3 is 2.72 bits per heavy atom. The Morgan fingerprint density at radius 2 is 2.06 bits per heavy atom. The zero-order valence-corrected chi connectivity index (χ0v) is 19.0. The number of hydrogen-bond acceptors (Lipinski definition) is 4. The number of fused-ring (bicyclic) bond motifs is 5. The Morgan fingerprint density at radius 1 is 1.34 bits per heavy atom. The molecule has 0 heterocycles. The largest absolute Gasteiger partial charge is 0.461 e. The summed E-state index contributed by atoms with van der Waals surface area (Å²) in [4.78, 5) is 24.1. The number of esters is 1. The van der Waals surface area contributed by atoms with Gasteiger partial charge >= 0.3 is 5.97 Å². The molecule has 4 nitrogen and oxygen atoms in total. The first kappa shape index (κ1) is 23.5. The Balaban J connectivity index is 1.78. The molecule has 3 saturated carbocycles. The lowest BCUT2D eigenvalue weighted by Gasteiger charge is -2.59. The van der Waals surface area contributed by atoms with E-state index in [4.69, 9.17) is 4.74 Å². The highest BCUT2D eigenvalue weighted by Gasteiger charge is 2.67. The van der Waals surface area contributed by atoms with Gasteiger partial charge in [-0.05, 0) is 55.9 Å². The molecule has 178 valence electrons. The molecule has 1 N–H and O–H groups in total. The molecule has 0 aromatic rings. The maximum Gasteiger partial charge on any atom is 0.305 e. The highest BCUT2D eigenvalue weighted by atomic mass is 19.1. The summed E-state index contributed by atoms with van der Waals surface area (Å²) in [6.07, 6.45) is 1.60. The van der Waals surface area contributed by atoms with Crippen LogP contribution in [-0.2, 0) is 14.3 Å². The molecular weight excluding hydrogens is 421 g/mol. The van der Waals surface area contributed by atoms with Crippen LogP contribution in [0.25, 0.3) is 0 Å². The highest BCUT2D eigenvalue weighted by molar-refractivity contribution is 6.04. The molecule has 0 aliphatic heterocycles. The van der Waals surface area contributed by atoms with E-state index < -0.39 is 53.4 Å². The normalized spacial score (nSPS) is 45.3. The van der Waals surface area contributed by atoms with Crippen molar-refractivity contribution in [3.8, 4) is 0 Å². The van der Waals surface area contributed by atoms with Crippen LogP contribution in [0.4, 0.5) is 13.2 Å². The van der Waals surface area contributed by atoms with Gasteiger partial charge in [0.05, 0.1) is 12.8 Å². The number of aliphatic hydroxyl groups excluding tert-OH is 1. The summed E-state index contributed by atoms with van der Waals surface area (Å²) >= 11 is 0. The second-order valence-corrected chi connectivity index (χ2v) is 10.5. The molecule has 3 fully saturated rings. The third-order valence-electron chi connectivity index (χ3n) is 8.85. The fourth-order valence-corrected chi connectivity index (χ4v) is 7.80. The molecule has 0 spiro atoms. The van der Waals surface area contributed by atoms with Gasteiger partial charge in [-0.1, -0.05) is 26.8 Å². The molecule has 4 aliphatic rings. The molecular formula is C25H33F3O4. The molecule has 0 unspecified atom stereocenters. The fraction of sp³-hybridized carbons (Fsp3) is 0.760. The number of ketones is 1. The standard InChI is InChI=1S/C25H33F3O4/c1-4-19(31)32-23-13(2)10-15-14-11-16(27)21-22(28)17(29)6-8-24(21,3)20(14)18(30)12-25(15,23)7-5-9-26/h6,8,13-16,18,20,23,30H,4-5,7,9-12H2,1-3H3/t13-,14-,15-,16-,18-,20+,23+,24+,25-/m0/s1. The van der Waals surface area contributed by atoms with Gasteiger partial charge in [0, 0.05) is 28.7 Å². The first-order chi connectivity index (χ1) is 15.1. The van der Waals surface area contributed by atoms with Crippen molar-refractivity contribution in [1.82, 2.24) is 0 Å². The molecule has 0 aromatic carbocycles. The van der Waals surface area contributed by atoms with Crippen LogP contribution in [0.5, 0.6) is 0 Å². The third-order valence-corrected chi connectivity index (χ3v) is 8.85. The zero-order chi connectivity index (χ0) is 23.4. The molecule has 4 rings (SSSR count). The summed E-state index contributed by atoms with van der Waals surface area (Å²) in [5.74, 6) is -3.06. The van der Waals surface area contributed by atoms with Crippen LogP contribution in [0.15, 0.2) is 23.6 Å². The zero-order valence-electron chi connectivity index (χ0n) is 19.0. The molecule has 0 bridgehead atoms. The molecule has 7 heteroatoms. The predicted octanol–water partition coefficient (Wildman–Crippen LogP) is 4.81. The molecule has 0 aromatic heterocycles. The van der Waals surface area contributed by atoms with Gasteiger partial charge in [-0.2, -0.15) is 0 Å².